The van der Waals surface area contributed by atoms with Gasteiger partial charge in [-0.15, -0.1) is 0 Å². The number of carbonyl (C=O) groups is 2. The van der Waals surface area contributed by atoms with E-state index in [0.29, 0.717) is 31.7 Å². The summed E-state index contributed by atoms with van der Waals surface area (Å²) in [5, 5.41) is 2.81. The van der Waals surface area contributed by atoms with Crippen LogP contribution in [-0.2, 0) is 4.79 Å². The van der Waals surface area contributed by atoms with E-state index >= 15 is 0 Å². The Kier molecular flexibility index (Phi) is 5.02. The molecule has 2 aromatic rings. The fourth-order valence-corrected chi connectivity index (χ4v) is 2.83. The van der Waals surface area contributed by atoms with Crippen LogP contribution in [0.1, 0.15) is 28.8 Å². The summed E-state index contributed by atoms with van der Waals surface area (Å²) in [6.45, 7) is 2.84. The first-order valence-corrected chi connectivity index (χ1v) is 8.16. The minimum atomic E-state index is -0.536. The van der Waals surface area contributed by atoms with Gasteiger partial charge in [0.2, 0.25) is 5.91 Å². The molecule has 3 heterocycles. The summed E-state index contributed by atoms with van der Waals surface area (Å²) >= 11 is 0. The second kappa shape index (κ2) is 7.38. The number of rotatable bonds is 3. The van der Waals surface area contributed by atoms with Gasteiger partial charge < -0.3 is 10.2 Å². The molecule has 0 saturated carbocycles. The molecule has 0 spiro atoms. The lowest BCUT2D eigenvalue weighted by molar-refractivity contribution is -0.121. The van der Waals surface area contributed by atoms with Gasteiger partial charge in [-0.3, -0.25) is 14.6 Å². The number of amides is 2. The molecule has 0 atom stereocenters. The molecule has 0 aliphatic carbocycles. The average Bonchev–Trinajstić information content (AvgIpc) is 2.63. The monoisotopic (exact) mass is 342 g/mol. The third-order valence-corrected chi connectivity index (χ3v) is 4.27. The van der Waals surface area contributed by atoms with Crippen LogP contribution in [0.25, 0.3) is 0 Å². The quantitative estimate of drug-likeness (QED) is 0.929. The zero-order valence-corrected chi connectivity index (χ0v) is 13.9. The van der Waals surface area contributed by atoms with Gasteiger partial charge in [-0.1, -0.05) is 6.07 Å². The van der Waals surface area contributed by atoms with Crippen LogP contribution in [0.3, 0.4) is 0 Å². The maximum Gasteiger partial charge on any atom is 0.255 e. The first-order valence-electron chi connectivity index (χ1n) is 8.16. The number of nitrogens with one attached hydrogen (secondary N) is 1. The van der Waals surface area contributed by atoms with Crippen molar-refractivity contribution < 1.29 is 14.0 Å². The van der Waals surface area contributed by atoms with Crippen LogP contribution in [0.15, 0.2) is 36.8 Å². The topological polar surface area (TPSA) is 75.2 Å². The molecule has 0 radical (unpaired) electrons. The first-order chi connectivity index (χ1) is 12.0. The summed E-state index contributed by atoms with van der Waals surface area (Å²) in [4.78, 5) is 34.2. The van der Waals surface area contributed by atoms with E-state index in [9.17, 15) is 14.0 Å². The second-order valence-corrected chi connectivity index (χ2v) is 6.17. The molecule has 7 heteroatoms. The Bertz CT molecular complexity index is 771. The molecule has 0 bridgehead atoms. The zero-order valence-electron chi connectivity index (χ0n) is 13.9. The number of pyridine rings is 2. The molecule has 3 rings (SSSR count). The molecule has 1 aliphatic rings. The maximum atomic E-state index is 13.2. The summed E-state index contributed by atoms with van der Waals surface area (Å²) in [6.07, 6.45) is 5.24. The van der Waals surface area contributed by atoms with Gasteiger partial charge in [-0.05, 0) is 37.5 Å². The minimum Gasteiger partial charge on any atom is -0.339 e. The van der Waals surface area contributed by atoms with E-state index < -0.39 is 5.82 Å². The fourth-order valence-electron chi connectivity index (χ4n) is 2.83. The summed E-state index contributed by atoms with van der Waals surface area (Å²) in [6, 6.07) is 4.83. The fraction of sp³-hybridized carbons (Fsp3) is 0.333. The second-order valence-electron chi connectivity index (χ2n) is 6.17. The first kappa shape index (κ1) is 17.0. The molecule has 130 valence electrons. The molecule has 1 saturated heterocycles. The zero-order chi connectivity index (χ0) is 17.8. The van der Waals surface area contributed by atoms with Gasteiger partial charge in [0.05, 0.1) is 11.8 Å². The smallest absolute Gasteiger partial charge is 0.255 e. The number of halogens is 1. The predicted molar refractivity (Wildman–Crippen MR) is 90.4 cm³/mol. The number of aryl methyl sites for hydroxylation is 1. The van der Waals surface area contributed by atoms with Crippen molar-refractivity contribution in [3.05, 3.63) is 53.7 Å². The van der Waals surface area contributed by atoms with Crippen molar-refractivity contribution in [3.8, 4) is 0 Å². The number of anilines is 1. The number of carbonyl (C=O) groups excluding carboxylic acids is 2. The average molecular weight is 342 g/mol. The van der Waals surface area contributed by atoms with Crippen LogP contribution in [0.2, 0.25) is 0 Å². The van der Waals surface area contributed by atoms with E-state index in [1.54, 1.807) is 17.2 Å². The van der Waals surface area contributed by atoms with Gasteiger partial charge in [-0.2, -0.15) is 0 Å². The normalized spacial score (nSPS) is 15.0. The molecule has 6 nitrogen and oxygen atoms in total. The molecule has 2 amide bonds. The molecule has 1 fully saturated rings. The van der Waals surface area contributed by atoms with E-state index in [1.807, 2.05) is 13.0 Å². The van der Waals surface area contributed by atoms with Gasteiger partial charge in [0.25, 0.3) is 5.91 Å². The van der Waals surface area contributed by atoms with Crippen molar-refractivity contribution in [3.63, 3.8) is 0 Å². The number of aromatic nitrogens is 2. The van der Waals surface area contributed by atoms with Gasteiger partial charge in [0.1, 0.15) is 11.6 Å². The van der Waals surface area contributed by atoms with Gasteiger partial charge in [0.15, 0.2) is 0 Å². The Morgan fingerprint density at radius 2 is 1.96 bits per heavy atom. The third-order valence-electron chi connectivity index (χ3n) is 4.27. The summed E-state index contributed by atoms with van der Waals surface area (Å²) < 4.78 is 13.2. The van der Waals surface area contributed by atoms with E-state index in [2.05, 4.69) is 15.3 Å². The molecule has 1 aliphatic heterocycles. The molecule has 1 N–H and O–H groups in total. The van der Waals surface area contributed by atoms with Crippen LogP contribution < -0.4 is 5.32 Å². The SMILES string of the molecule is Cc1ccc(NC(=O)C2CCN(C(=O)c3cncc(F)c3)CC2)nc1. The third kappa shape index (κ3) is 4.17. The van der Waals surface area contributed by atoms with Gasteiger partial charge in [-0.25, -0.2) is 9.37 Å². The van der Waals surface area contributed by atoms with Crippen molar-refractivity contribution >= 4 is 17.6 Å². The lowest BCUT2D eigenvalue weighted by Gasteiger charge is -2.31. The molecule has 2 aromatic heterocycles. The largest absolute Gasteiger partial charge is 0.339 e. The van der Waals surface area contributed by atoms with Crippen molar-refractivity contribution in [2.24, 2.45) is 5.92 Å². The van der Waals surface area contributed by atoms with E-state index in [0.717, 1.165) is 11.8 Å². The molecule has 0 aromatic carbocycles. The molecular weight excluding hydrogens is 323 g/mol. The molecule has 25 heavy (non-hydrogen) atoms. The highest BCUT2D eigenvalue weighted by molar-refractivity contribution is 5.95. The summed E-state index contributed by atoms with van der Waals surface area (Å²) in [5.74, 6) is -0.523. The Morgan fingerprint density at radius 1 is 1.20 bits per heavy atom. The van der Waals surface area contributed by atoms with E-state index in [4.69, 9.17) is 0 Å². The predicted octanol–water partition coefficient (Wildman–Crippen LogP) is 2.42. The Morgan fingerprint density at radius 3 is 2.60 bits per heavy atom. The highest BCUT2D eigenvalue weighted by atomic mass is 19.1. The summed E-state index contributed by atoms with van der Waals surface area (Å²) in [7, 11) is 0. The van der Waals surface area contributed by atoms with E-state index in [1.165, 1.54) is 12.3 Å². The lowest BCUT2D eigenvalue weighted by atomic mass is 9.95. The van der Waals surface area contributed by atoms with E-state index in [-0.39, 0.29) is 23.3 Å². The summed E-state index contributed by atoms with van der Waals surface area (Å²) in [5.41, 5.74) is 1.25. The van der Waals surface area contributed by atoms with Crippen LogP contribution in [0.5, 0.6) is 0 Å². The Labute approximate surface area is 145 Å². The van der Waals surface area contributed by atoms with Crippen molar-refractivity contribution in [2.45, 2.75) is 19.8 Å². The highest BCUT2D eigenvalue weighted by Crippen LogP contribution is 2.20. The number of hydrogen-bond donors (Lipinski definition) is 1. The van der Waals surface area contributed by atoms with Gasteiger partial charge in [0, 0.05) is 31.4 Å². The van der Waals surface area contributed by atoms with Crippen LogP contribution in [0.4, 0.5) is 10.2 Å². The standard InChI is InChI=1S/C18H19FN4O2/c1-12-2-3-16(21-9-12)22-17(24)13-4-6-23(7-5-13)18(25)14-8-15(19)11-20-10-14/h2-3,8-11,13H,4-7H2,1H3,(H,21,22,24). The van der Waals surface area contributed by atoms with Gasteiger partial charge >= 0.3 is 0 Å². The Balaban J connectivity index is 1.55. The number of piperidine rings is 1. The van der Waals surface area contributed by atoms with Crippen molar-refractivity contribution in [1.82, 2.24) is 14.9 Å². The number of hydrogen-bond acceptors (Lipinski definition) is 4. The highest BCUT2D eigenvalue weighted by Gasteiger charge is 2.28. The van der Waals surface area contributed by atoms with Crippen LogP contribution in [-0.4, -0.2) is 39.8 Å². The lowest BCUT2D eigenvalue weighted by Crippen LogP contribution is -2.41. The Hall–Kier alpha value is -2.83. The molecular formula is C18H19FN4O2. The molecule has 0 unspecified atom stereocenters. The van der Waals surface area contributed by atoms with Crippen LogP contribution in [0, 0.1) is 18.7 Å². The van der Waals surface area contributed by atoms with Crippen molar-refractivity contribution in [2.75, 3.05) is 18.4 Å². The maximum absolute atomic E-state index is 13.2. The minimum absolute atomic E-state index is 0.0872. The van der Waals surface area contributed by atoms with Crippen LogP contribution >= 0.6 is 0 Å². The number of likely N-dealkylation sites (tertiary alicyclic amines) is 1. The van der Waals surface area contributed by atoms with Crippen molar-refractivity contribution in [1.29, 1.82) is 0 Å². The number of nitrogens with zero attached hydrogens (tertiary/aromatic N) is 3.